The van der Waals surface area contributed by atoms with Crippen LogP contribution >= 0.6 is 15.9 Å². The van der Waals surface area contributed by atoms with Crippen LogP contribution < -0.4 is 4.90 Å². The van der Waals surface area contributed by atoms with E-state index in [4.69, 9.17) is 0 Å². The summed E-state index contributed by atoms with van der Waals surface area (Å²) < 4.78 is 14.2. The van der Waals surface area contributed by atoms with Crippen LogP contribution in [0.15, 0.2) is 16.6 Å². The molecular formula is C15H16BrFN2O2. The number of rotatable bonds is 1. The van der Waals surface area contributed by atoms with E-state index in [9.17, 15) is 14.0 Å². The zero-order valence-electron chi connectivity index (χ0n) is 11.7. The molecule has 112 valence electrons. The second-order valence-corrected chi connectivity index (χ2v) is 6.43. The number of amides is 2. The summed E-state index contributed by atoms with van der Waals surface area (Å²) in [7, 11) is 0. The first-order valence-electron chi connectivity index (χ1n) is 7.05. The molecule has 0 spiro atoms. The van der Waals surface area contributed by atoms with E-state index in [2.05, 4.69) is 15.9 Å². The van der Waals surface area contributed by atoms with Crippen molar-refractivity contribution >= 4 is 33.4 Å². The van der Waals surface area contributed by atoms with Crippen LogP contribution in [0.4, 0.5) is 10.1 Å². The molecule has 1 unspecified atom stereocenters. The fourth-order valence-corrected chi connectivity index (χ4v) is 3.56. The molecule has 1 atom stereocenters. The Morgan fingerprint density at radius 3 is 2.81 bits per heavy atom. The number of hydrogen-bond acceptors (Lipinski definition) is 2. The normalized spacial score (nSPS) is 22.5. The fraction of sp³-hybridized carbons (Fsp3) is 0.467. The lowest BCUT2D eigenvalue weighted by Gasteiger charge is -2.43. The van der Waals surface area contributed by atoms with E-state index in [1.807, 2.05) is 6.92 Å². The molecule has 2 heterocycles. The molecular weight excluding hydrogens is 339 g/mol. The zero-order valence-corrected chi connectivity index (χ0v) is 13.3. The van der Waals surface area contributed by atoms with E-state index < -0.39 is 5.82 Å². The van der Waals surface area contributed by atoms with Crippen LogP contribution in [-0.2, 0) is 9.59 Å². The number of piperidine rings is 1. The summed E-state index contributed by atoms with van der Waals surface area (Å²) in [6.45, 7) is 2.46. The SMILES string of the molecule is Cc1cc(Br)c(F)cc1N1CC(=O)N2CCCCC2C1=O. The minimum Gasteiger partial charge on any atom is -0.329 e. The van der Waals surface area contributed by atoms with Gasteiger partial charge in [-0.1, -0.05) is 0 Å². The van der Waals surface area contributed by atoms with Crippen molar-refractivity contribution in [2.45, 2.75) is 32.2 Å². The zero-order chi connectivity index (χ0) is 15.1. The summed E-state index contributed by atoms with van der Waals surface area (Å²) >= 11 is 3.13. The summed E-state index contributed by atoms with van der Waals surface area (Å²) in [6.07, 6.45) is 2.59. The Labute approximate surface area is 131 Å². The Kier molecular flexibility index (Phi) is 3.73. The summed E-state index contributed by atoms with van der Waals surface area (Å²) in [6, 6.07) is 2.57. The number of hydrogen-bond donors (Lipinski definition) is 0. The van der Waals surface area contributed by atoms with Gasteiger partial charge < -0.3 is 9.80 Å². The summed E-state index contributed by atoms with van der Waals surface area (Å²) in [4.78, 5) is 28.0. The van der Waals surface area contributed by atoms with Crippen LogP contribution in [0.25, 0.3) is 0 Å². The molecule has 2 amide bonds. The van der Waals surface area contributed by atoms with Gasteiger partial charge in [-0.05, 0) is 59.8 Å². The van der Waals surface area contributed by atoms with Crippen LogP contribution in [0.2, 0.25) is 0 Å². The van der Waals surface area contributed by atoms with Gasteiger partial charge in [0.2, 0.25) is 11.8 Å². The molecule has 2 aliphatic rings. The average molecular weight is 355 g/mol. The van der Waals surface area contributed by atoms with Crippen molar-refractivity contribution in [2.24, 2.45) is 0 Å². The first-order valence-corrected chi connectivity index (χ1v) is 7.85. The van der Waals surface area contributed by atoms with E-state index in [0.29, 0.717) is 23.1 Å². The lowest BCUT2D eigenvalue weighted by Crippen LogP contribution is -2.61. The Hall–Kier alpha value is -1.43. The van der Waals surface area contributed by atoms with E-state index in [0.717, 1.165) is 18.4 Å². The summed E-state index contributed by atoms with van der Waals surface area (Å²) in [5.41, 5.74) is 1.26. The van der Waals surface area contributed by atoms with Gasteiger partial charge in [0.25, 0.3) is 0 Å². The Balaban J connectivity index is 1.97. The number of benzene rings is 1. The van der Waals surface area contributed by atoms with Crippen LogP contribution in [0, 0.1) is 12.7 Å². The maximum absolute atomic E-state index is 13.8. The number of nitrogens with zero attached hydrogens (tertiary/aromatic N) is 2. The highest BCUT2D eigenvalue weighted by Gasteiger charge is 2.41. The third kappa shape index (κ3) is 2.46. The number of fused-ring (bicyclic) bond motifs is 1. The highest BCUT2D eigenvalue weighted by atomic mass is 79.9. The van der Waals surface area contributed by atoms with Crippen LogP contribution in [-0.4, -0.2) is 35.8 Å². The average Bonchev–Trinajstić information content (AvgIpc) is 2.47. The van der Waals surface area contributed by atoms with E-state index in [1.54, 1.807) is 11.0 Å². The van der Waals surface area contributed by atoms with Gasteiger partial charge in [-0.25, -0.2) is 4.39 Å². The largest absolute Gasteiger partial charge is 0.329 e. The number of aryl methyl sites for hydroxylation is 1. The number of piperazine rings is 1. The highest BCUT2D eigenvalue weighted by Crippen LogP contribution is 2.31. The molecule has 0 aromatic heterocycles. The van der Waals surface area contributed by atoms with Crippen molar-refractivity contribution in [3.05, 3.63) is 28.0 Å². The number of carbonyl (C=O) groups excluding carboxylic acids is 2. The maximum Gasteiger partial charge on any atom is 0.250 e. The molecule has 0 radical (unpaired) electrons. The molecule has 0 saturated carbocycles. The van der Waals surface area contributed by atoms with Gasteiger partial charge in [-0.3, -0.25) is 9.59 Å². The molecule has 0 aliphatic carbocycles. The molecule has 2 fully saturated rings. The number of carbonyl (C=O) groups is 2. The van der Waals surface area contributed by atoms with E-state index >= 15 is 0 Å². The summed E-state index contributed by atoms with van der Waals surface area (Å²) in [5.74, 6) is -0.580. The van der Waals surface area contributed by atoms with Crippen molar-refractivity contribution < 1.29 is 14.0 Å². The van der Waals surface area contributed by atoms with Gasteiger partial charge in [-0.2, -0.15) is 0 Å². The van der Waals surface area contributed by atoms with Crippen molar-refractivity contribution in [3.63, 3.8) is 0 Å². The lowest BCUT2D eigenvalue weighted by atomic mass is 9.97. The first kappa shape index (κ1) is 14.5. The predicted octanol–water partition coefficient (Wildman–Crippen LogP) is 2.62. The third-order valence-corrected chi connectivity index (χ3v) is 4.80. The van der Waals surface area contributed by atoms with Gasteiger partial charge in [0.15, 0.2) is 0 Å². The molecule has 2 saturated heterocycles. The van der Waals surface area contributed by atoms with Crippen molar-refractivity contribution in [1.82, 2.24) is 4.90 Å². The minimum absolute atomic E-state index is 0.00273. The second kappa shape index (κ2) is 5.40. The smallest absolute Gasteiger partial charge is 0.250 e. The standard InChI is InChI=1S/C15H16BrFN2O2/c1-9-6-10(16)11(17)7-13(9)19-8-14(20)18-5-3-2-4-12(18)15(19)21/h6-7,12H,2-5,8H2,1H3. The maximum atomic E-state index is 13.8. The van der Waals surface area contributed by atoms with Crippen LogP contribution in [0.1, 0.15) is 24.8 Å². The molecule has 6 heteroatoms. The van der Waals surface area contributed by atoms with Gasteiger partial charge in [0.05, 0.1) is 10.2 Å². The number of halogens is 2. The Morgan fingerprint density at radius 2 is 2.05 bits per heavy atom. The van der Waals surface area contributed by atoms with Gasteiger partial charge in [0.1, 0.15) is 18.4 Å². The molecule has 2 aliphatic heterocycles. The molecule has 1 aromatic carbocycles. The first-order chi connectivity index (χ1) is 9.99. The molecule has 1 aromatic rings. The molecule has 4 nitrogen and oxygen atoms in total. The molecule has 3 rings (SSSR count). The van der Waals surface area contributed by atoms with Gasteiger partial charge in [0, 0.05) is 6.54 Å². The van der Waals surface area contributed by atoms with Crippen LogP contribution in [0.3, 0.4) is 0 Å². The second-order valence-electron chi connectivity index (χ2n) is 5.58. The van der Waals surface area contributed by atoms with Crippen molar-refractivity contribution in [3.8, 4) is 0 Å². The van der Waals surface area contributed by atoms with Gasteiger partial charge in [-0.15, -0.1) is 0 Å². The Morgan fingerprint density at radius 1 is 1.29 bits per heavy atom. The minimum atomic E-state index is -0.429. The van der Waals surface area contributed by atoms with E-state index in [-0.39, 0.29) is 24.4 Å². The number of anilines is 1. The molecule has 0 bridgehead atoms. The van der Waals surface area contributed by atoms with Gasteiger partial charge >= 0.3 is 0 Å². The third-order valence-electron chi connectivity index (χ3n) is 4.20. The fourth-order valence-electron chi connectivity index (χ4n) is 3.10. The molecule has 0 N–H and O–H groups in total. The molecule has 21 heavy (non-hydrogen) atoms. The highest BCUT2D eigenvalue weighted by molar-refractivity contribution is 9.10. The predicted molar refractivity (Wildman–Crippen MR) is 80.5 cm³/mol. The lowest BCUT2D eigenvalue weighted by molar-refractivity contribution is -0.144. The van der Waals surface area contributed by atoms with Crippen molar-refractivity contribution in [1.29, 1.82) is 0 Å². The van der Waals surface area contributed by atoms with Crippen LogP contribution in [0.5, 0.6) is 0 Å². The van der Waals surface area contributed by atoms with E-state index in [1.165, 1.54) is 11.0 Å². The topological polar surface area (TPSA) is 40.6 Å². The quantitative estimate of drug-likeness (QED) is 0.777. The summed E-state index contributed by atoms with van der Waals surface area (Å²) in [5, 5.41) is 0. The van der Waals surface area contributed by atoms with Crippen molar-refractivity contribution in [2.75, 3.05) is 18.0 Å². The monoisotopic (exact) mass is 354 g/mol. The Bertz CT molecular complexity index is 620.